The molecule has 3 aromatic rings. The first-order chi connectivity index (χ1) is 15.2. The molecule has 0 spiro atoms. The molecule has 168 valence electrons. The van der Waals surface area contributed by atoms with Crippen LogP contribution in [-0.2, 0) is 17.8 Å². The fourth-order valence-electron chi connectivity index (χ4n) is 2.96. The lowest BCUT2D eigenvalue weighted by Gasteiger charge is -2.08. The summed E-state index contributed by atoms with van der Waals surface area (Å²) in [5, 5.41) is 6.10. The molecule has 12 heteroatoms. The second-order valence-corrected chi connectivity index (χ2v) is 7.97. The van der Waals surface area contributed by atoms with E-state index in [9.17, 15) is 14.4 Å². The van der Waals surface area contributed by atoms with Gasteiger partial charge in [0.2, 0.25) is 5.91 Å². The van der Waals surface area contributed by atoms with E-state index in [1.165, 1.54) is 18.3 Å². The van der Waals surface area contributed by atoms with Crippen LogP contribution in [0.25, 0.3) is 0 Å². The van der Waals surface area contributed by atoms with Gasteiger partial charge >= 0.3 is 11.7 Å². The molecule has 0 saturated carbocycles. The topological polar surface area (TPSA) is 124 Å². The van der Waals surface area contributed by atoms with Gasteiger partial charge in [-0.05, 0) is 36.8 Å². The molecule has 0 fully saturated rings. The van der Waals surface area contributed by atoms with Crippen LogP contribution in [0.15, 0.2) is 41.3 Å². The van der Waals surface area contributed by atoms with Crippen molar-refractivity contribution in [3.05, 3.63) is 73.5 Å². The number of anilines is 2. The van der Waals surface area contributed by atoms with Crippen molar-refractivity contribution in [3.63, 3.8) is 0 Å². The van der Waals surface area contributed by atoms with Crippen molar-refractivity contribution < 1.29 is 9.59 Å². The van der Waals surface area contributed by atoms with Crippen molar-refractivity contribution in [1.82, 2.24) is 19.4 Å². The molecule has 0 aliphatic rings. The summed E-state index contributed by atoms with van der Waals surface area (Å²) in [6.07, 6.45) is 1.59. The molecule has 4 N–H and O–H groups in total. The van der Waals surface area contributed by atoms with Crippen LogP contribution >= 0.6 is 34.8 Å². The maximum Gasteiger partial charge on any atom is 0.337 e. The minimum atomic E-state index is -0.682. The van der Waals surface area contributed by atoms with Crippen LogP contribution in [0.5, 0.6) is 0 Å². The van der Waals surface area contributed by atoms with E-state index in [-0.39, 0.29) is 29.6 Å². The van der Waals surface area contributed by atoms with Crippen molar-refractivity contribution >= 4 is 58.2 Å². The molecule has 32 heavy (non-hydrogen) atoms. The number of rotatable bonds is 6. The molecule has 0 saturated heterocycles. The van der Waals surface area contributed by atoms with Gasteiger partial charge in [-0.2, -0.15) is 0 Å². The first-order valence-electron chi connectivity index (χ1n) is 9.44. The normalized spacial score (nSPS) is 10.8. The number of benzene rings is 1. The molecular weight excluding hydrogens is 479 g/mol. The number of hydrogen-bond acceptors (Lipinski definition) is 5. The maximum absolute atomic E-state index is 12.9. The summed E-state index contributed by atoms with van der Waals surface area (Å²) in [6.45, 7) is 1.67. The lowest BCUT2D eigenvalue weighted by Crippen LogP contribution is -2.38. The molecule has 0 radical (unpaired) electrons. The van der Waals surface area contributed by atoms with Crippen LogP contribution in [0.1, 0.15) is 18.2 Å². The van der Waals surface area contributed by atoms with Gasteiger partial charge < -0.3 is 16.4 Å². The number of nitrogens with zero attached hydrogens (tertiary/aromatic N) is 3. The van der Waals surface area contributed by atoms with Crippen molar-refractivity contribution in [1.29, 1.82) is 0 Å². The van der Waals surface area contributed by atoms with E-state index in [4.69, 9.17) is 40.5 Å². The number of carbonyl (C=O) groups is 2. The van der Waals surface area contributed by atoms with Crippen molar-refractivity contribution in [2.45, 2.75) is 19.9 Å². The standard InChI is InChI=1S/C20H19Cl3N6O3/c1-2-25-19(31)29-13(7-11-3-4-12(21)8-14(11)22)9-28(20(29)32)10-17(30)27-18-15(24)5-6-16(23)26-18/h3-6,8-9H,2,7,10,24H2,1H3,(H,25,31)(H,26,27,30). The number of nitrogen functional groups attached to an aromatic ring is 1. The summed E-state index contributed by atoms with van der Waals surface area (Å²) in [6, 6.07) is 7.30. The van der Waals surface area contributed by atoms with Gasteiger partial charge in [-0.1, -0.05) is 40.9 Å². The third-order valence-electron chi connectivity index (χ3n) is 4.41. The number of amides is 2. The SMILES string of the molecule is CCNC(=O)n1c(Cc2ccc(Cl)cc2Cl)cn(CC(=O)Nc2nc(Cl)ccc2N)c1=O. The highest BCUT2D eigenvalue weighted by Crippen LogP contribution is 2.23. The zero-order chi connectivity index (χ0) is 23.4. The lowest BCUT2D eigenvalue weighted by atomic mass is 10.1. The summed E-state index contributed by atoms with van der Waals surface area (Å²) in [7, 11) is 0. The van der Waals surface area contributed by atoms with E-state index in [0.717, 1.165) is 9.13 Å². The molecule has 3 rings (SSSR count). The number of nitrogens with two attached hydrogens (primary N) is 1. The van der Waals surface area contributed by atoms with Crippen LogP contribution in [0, 0.1) is 0 Å². The van der Waals surface area contributed by atoms with Gasteiger partial charge in [0, 0.05) is 29.2 Å². The Hall–Kier alpha value is -3.01. The predicted octanol–water partition coefficient (Wildman–Crippen LogP) is 3.39. The average molecular weight is 498 g/mol. The minimum Gasteiger partial charge on any atom is -0.396 e. The Morgan fingerprint density at radius 2 is 1.91 bits per heavy atom. The Labute approximate surface area is 198 Å². The van der Waals surface area contributed by atoms with E-state index in [1.54, 1.807) is 25.1 Å². The number of nitrogens with one attached hydrogen (secondary N) is 2. The first kappa shape index (κ1) is 23.6. The molecule has 1 aromatic carbocycles. The number of aromatic nitrogens is 3. The maximum atomic E-state index is 12.9. The van der Waals surface area contributed by atoms with Gasteiger partial charge in [0.25, 0.3) is 0 Å². The van der Waals surface area contributed by atoms with Gasteiger partial charge in [-0.3, -0.25) is 9.36 Å². The van der Waals surface area contributed by atoms with Gasteiger partial charge in [0.1, 0.15) is 11.7 Å². The molecule has 0 aliphatic carbocycles. The Morgan fingerprint density at radius 3 is 2.59 bits per heavy atom. The minimum absolute atomic E-state index is 0.0758. The fourth-order valence-corrected chi connectivity index (χ4v) is 3.59. The number of imidazole rings is 1. The zero-order valence-electron chi connectivity index (χ0n) is 16.9. The van der Waals surface area contributed by atoms with Crippen molar-refractivity contribution in [3.8, 4) is 0 Å². The number of pyridine rings is 1. The smallest absolute Gasteiger partial charge is 0.337 e. The van der Waals surface area contributed by atoms with E-state index in [2.05, 4.69) is 15.6 Å². The Balaban J connectivity index is 1.91. The van der Waals surface area contributed by atoms with E-state index >= 15 is 0 Å². The monoisotopic (exact) mass is 496 g/mol. The molecule has 2 heterocycles. The van der Waals surface area contributed by atoms with Gasteiger partial charge in [-0.15, -0.1) is 0 Å². The predicted molar refractivity (Wildman–Crippen MR) is 125 cm³/mol. The first-order valence-corrected chi connectivity index (χ1v) is 10.6. The third kappa shape index (κ3) is 5.42. The van der Waals surface area contributed by atoms with Crippen LogP contribution in [0.3, 0.4) is 0 Å². The largest absolute Gasteiger partial charge is 0.396 e. The van der Waals surface area contributed by atoms with Crippen LogP contribution in [0.2, 0.25) is 15.2 Å². The van der Waals surface area contributed by atoms with E-state index < -0.39 is 17.6 Å². The summed E-state index contributed by atoms with van der Waals surface area (Å²) >= 11 is 18.0. The second kappa shape index (κ2) is 10.1. The lowest BCUT2D eigenvalue weighted by molar-refractivity contribution is -0.116. The zero-order valence-corrected chi connectivity index (χ0v) is 19.1. The number of hydrogen-bond donors (Lipinski definition) is 3. The molecule has 2 amide bonds. The molecule has 2 aromatic heterocycles. The quantitative estimate of drug-likeness (QED) is 0.450. The van der Waals surface area contributed by atoms with E-state index in [1.807, 2.05) is 0 Å². The highest BCUT2D eigenvalue weighted by Gasteiger charge is 2.20. The highest BCUT2D eigenvalue weighted by molar-refractivity contribution is 6.35. The second-order valence-electron chi connectivity index (χ2n) is 6.73. The third-order valence-corrected chi connectivity index (χ3v) is 5.21. The Bertz CT molecular complexity index is 1240. The van der Waals surface area contributed by atoms with Crippen LogP contribution in [-0.4, -0.2) is 32.6 Å². The molecule has 0 atom stereocenters. The van der Waals surface area contributed by atoms with Gasteiger partial charge in [0.15, 0.2) is 5.82 Å². The summed E-state index contributed by atoms with van der Waals surface area (Å²) in [4.78, 5) is 41.9. The van der Waals surface area contributed by atoms with Crippen molar-refractivity contribution in [2.75, 3.05) is 17.6 Å². The summed E-state index contributed by atoms with van der Waals surface area (Å²) < 4.78 is 2.08. The van der Waals surface area contributed by atoms with Crippen molar-refractivity contribution in [2.24, 2.45) is 0 Å². The molecular formula is C20H19Cl3N6O3. The highest BCUT2D eigenvalue weighted by atomic mass is 35.5. The molecule has 9 nitrogen and oxygen atoms in total. The van der Waals surface area contributed by atoms with E-state index in [0.29, 0.717) is 27.8 Å². The summed E-state index contributed by atoms with van der Waals surface area (Å²) in [5.74, 6) is -0.496. The number of carbonyl (C=O) groups excluding carboxylic acids is 2. The molecule has 0 bridgehead atoms. The molecule has 0 aliphatic heterocycles. The Kier molecular flexibility index (Phi) is 7.44. The van der Waals surface area contributed by atoms with Gasteiger partial charge in [0.05, 0.1) is 11.4 Å². The van der Waals surface area contributed by atoms with Crippen LogP contribution in [0.4, 0.5) is 16.3 Å². The summed E-state index contributed by atoms with van der Waals surface area (Å²) in [5.41, 5.74) is 6.33. The van der Waals surface area contributed by atoms with Crippen LogP contribution < -0.4 is 22.1 Å². The molecule has 0 unspecified atom stereocenters. The fraction of sp³-hybridized carbons (Fsp3) is 0.200. The van der Waals surface area contributed by atoms with Gasteiger partial charge in [-0.25, -0.2) is 19.1 Å². The number of halogens is 3. The Morgan fingerprint density at radius 1 is 1.16 bits per heavy atom. The average Bonchev–Trinajstić information content (AvgIpc) is 3.02.